The molecule has 2 heterocycles. The molecule has 4 atom stereocenters. The molecule has 0 bridgehead atoms. The van der Waals surface area contributed by atoms with Crippen LogP contribution in [0.5, 0.6) is 17.2 Å². The zero-order valence-corrected chi connectivity index (χ0v) is 36.6. The van der Waals surface area contributed by atoms with Crippen LogP contribution in [0.3, 0.4) is 0 Å². The van der Waals surface area contributed by atoms with Crippen molar-refractivity contribution in [2.75, 3.05) is 39.4 Å². The molecule has 0 spiro atoms. The lowest BCUT2D eigenvalue weighted by Gasteiger charge is -2.39. The van der Waals surface area contributed by atoms with Crippen LogP contribution < -0.4 is 25.2 Å². The second-order valence-electron chi connectivity index (χ2n) is 14.9. The Labute approximate surface area is 363 Å². The molecule has 1 aliphatic rings. The van der Waals surface area contributed by atoms with Gasteiger partial charge in [-0.05, 0) is 80.8 Å². The molecule has 1 aliphatic heterocycles. The summed E-state index contributed by atoms with van der Waals surface area (Å²) in [5, 5.41) is 11.9. The third-order valence-electron chi connectivity index (χ3n) is 10.1. The summed E-state index contributed by atoms with van der Waals surface area (Å²) in [5.41, 5.74) is 0.632. The molecule has 62 heavy (non-hydrogen) atoms. The zero-order valence-electron chi connectivity index (χ0n) is 35.7. The van der Waals surface area contributed by atoms with Gasteiger partial charge in [-0.2, -0.15) is 10.2 Å². The predicted molar refractivity (Wildman–Crippen MR) is 234 cm³/mol. The Morgan fingerprint density at radius 2 is 1.47 bits per heavy atom. The fourth-order valence-corrected chi connectivity index (χ4v) is 9.01. The van der Waals surface area contributed by atoms with Crippen molar-refractivity contribution in [1.82, 2.24) is 19.2 Å². The van der Waals surface area contributed by atoms with Crippen LogP contribution in [0.15, 0.2) is 120 Å². The van der Waals surface area contributed by atoms with E-state index < -0.39 is 44.2 Å². The average Bonchev–Trinajstić information content (AvgIpc) is 3.68. The van der Waals surface area contributed by atoms with Gasteiger partial charge in [0.2, 0.25) is 5.95 Å². The Hall–Kier alpha value is -5.72. The van der Waals surface area contributed by atoms with Crippen LogP contribution in [0.2, 0.25) is 0 Å². The standard InChI is InChI=1S/C46H53N6O9P/c1-32(2)52(33(3)4)62(59-27-13-26-47)61-40-28-43(51-31-48-44(50-45(51)54)49-42(53)30-57-39-16-11-8-12-17-39)60-41(40)29-58-46(34-14-9-7-10-15-34,35-18-22-37(55-5)23-19-35)36-20-24-38(56-6)25-21-36/h7-12,14-25,31-33,40-41,43H,13,27-30H2,1-6H3,(H,49,50,53,54)/t40-,41-,43-,62?/m1/s1. The molecule has 0 aliphatic carbocycles. The van der Waals surface area contributed by atoms with Crippen LogP contribution in [-0.4, -0.2) is 83.4 Å². The molecular formula is C46H53N6O9P. The number of rotatable bonds is 21. The molecule has 1 amide bonds. The van der Waals surface area contributed by atoms with Gasteiger partial charge in [0.05, 0.1) is 46.0 Å². The Balaban J connectivity index is 1.35. The molecule has 326 valence electrons. The largest absolute Gasteiger partial charge is 0.497 e. The second kappa shape index (κ2) is 21.9. The lowest BCUT2D eigenvalue weighted by atomic mass is 9.80. The summed E-state index contributed by atoms with van der Waals surface area (Å²) in [6, 6.07) is 36.4. The molecular weight excluding hydrogens is 812 g/mol. The van der Waals surface area contributed by atoms with E-state index in [9.17, 15) is 14.9 Å². The van der Waals surface area contributed by atoms with E-state index in [1.807, 2.05) is 84.9 Å². The van der Waals surface area contributed by atoms with Crippen molar-refractivity contribution in [1.29, 1.82) is 5.26 Å². The minimum Gasteiger partial charge on any atom is -0.497 e. The molecule has 1 N–H and O–H groups in total. The minimum atomic E-state index is -1.72. The SMILES string of the molecule is COc1ccc(C(OC[C@H]2O[C@@H](n3cnc(NC(=O)COc4ccccc4)nc3=O)C[C@H]2OP(OCCC#N)N(C(C)C)C(C)C)(c2ccccc2)c2ccc(OC)cc2)cc1. The van der Waals surface area contributed by atoms with E-state index in [2.05, 4.69) is 53.7 Å². The Kier molecular flexibility index (Phi) is 16.2. The molecule has 1 unspecified atom stereocenters. The summed E-state index contributed by atoms with van der Waals surface area (Å²) in [5.74, 6) is 1.18. The van der Waals surface area contributed by atoms with Crippen LogP contribution in [-0.2, 0) is 28.9 Å². The van der Waals surface area contributed by atoms with Crippen molar-refractivity contribution in [3.63, 3.8) is 0 Å². The summed E-state index contributed by atoms with van der Waals surface area (Å²) in [4.78, 5) is 34.7. The maximum Gasteiger partial charge on any atom is 0.354 e. The molecule has 0 saturated carbocycles. The van der Waals surface area contributed by atoms with Gasteiger partial charge in [0.15, 0.2) is 6.61 Å². The third kappa shape index (κ3) is 11.2. The number of amides is 1. The molecule has 5 aromatic rings. The van der Waals surface area contributed by atoms with Crippen LogP contribution in [0, 0.1) is 11.3 Å². The Bertz CT molecular complexity index is 2220. The number of aromatic nitrogens is 3. The maximum absolute atomic E-state index is 13.7. The topological polar surface area (TPSA) is 169 Å². The number of methoxy groups -OCH3 is 2. The number of carbonyl (C=O) groups is 1. The van der Waals surface area contributed by atoms with Gasteiger partial charge in [0.1, 0.15) is 41.5 Å². The Morgan fingerprint density at radius 1 is 0.887 bits per heavy atom. The summed E-state index contributed by atoms with van der Waals surface area (Å²) in [7, 11) is 1.51. The first-order valence-electron chi connectivity index (χ1n) is 20.4. The van der Waals surface area contributed by atoms with E-state index in [1.54, 1.807) is 38.5 Å². The van der Waals surface area contributed by atoms with Gasteiger partial charge in [-0.25, -0.2) is 14.4 Å². The summed E-state index contributed by atoms with van der Waals surface area (Å²) >= 11 is 0. The van der Waals surface area contributed by atoms with E-state index in [1.165, 1.54) is 10.9 Å². The van der Waals surface area contributed by atoms with Gasteiger partial charge in [0, 0.05) is 18.5 Å². The summed E-state index contributed by atoms with van der Waals surface area (Å²) in [6.45, 7) is 8.09. The van der Waals surface area contributed by atoms with Crippen molar-refractivity contribution in [2.45, 2.75) is 76.7 Å². The van der Waals surface area contributed by atoms with Crippen molar-refractivity contribution >= 4 is 20.4 Å². The molecule has 1 aromatic heterocycles. The lowest BCUT2D eigenvalue weighted by Crippen LogP contribution is -2.39. The molecule has 1 saturated heterocycles. The number of carbonyl (C=O) groups excluding carboxylic acids is 1. The normalized spacial score (nSPS) is 16.9. The highest BCUT2D eigenvalue weighted by molar-refractivity contribution is 7.44. The monoisotopic (exact) mass is 864 g/mol. The Morgan fingerprint density at radius 3 is 2.02 bits per heavy atom. The zero-order chi connectivity index (χ0) is 44.1. The number of nitrogens with one attached hydrogen (secondary N) is 1. The molecule has 0 radical (unpaired) electrons. The first-order valence-corrected chi connectivity index (χ1v) is 21.5. The van der Waals surface area contributed by atoms with E-state index in [0.29, 0.717) is 17.2 Å². The molecule has 4 aromatic carbocycles. The number of nitriles is 1. The van der Waals surface area contributed by atoms with E-state index >= 15 is 0 Å². The predicted octanol–water partition coefficient (Wildman–Crippen LogP) is 7.63. The van der Waals surface area contributed by atoms with Crippen molar-refractivity contribution in [3.8, 4) is 23.3 Å². The highest BCUT2D eigenvalue weighted by atomic mass is 31.2. The van der Waals surface area contributed by atoms with Gasteiger partial charge < -0.3 is 32.7 Å². The van der Waals surface area contributed by atoms with Gasteiger partial charge in [-0.3, -0.25) is 14.7 Å². The number of anilines is 1. The van der Waals surface area contributed by atoms with Crippen LogP contribution in [0.25, 0.3) is 0 Å². The van der Waals surface area contributed by atoms with Crippen LogP contribution >= 0.6 is 8.53 Å². The molecule has 1 fully saturated rings. The number of hydrogen-bond acceptors (Lipinski definition) is 13. The summed E-state index contributed by atoms with van der Waals surface area (Å²) < 4.78 is 47.2. The van der Waals surface area contributed by atoms with Crippen molar-refractivity contribution < 1.29 is 37.5 Å². The highest BCUT2D eigenvalue weighted by Crippen LogP contribution is 2.50. The number of benzene rings is 4. The molecule has 6 rings (SSSR count). The van der Waals surface area contributed by atoms with Gasteiger partial charge in [-0.15, -0.1) is 0 Å². The molecule has 16 heteroatoms. The number of ether oxygens (including phenoxy) is 5. The first kappa shape index (κ1) is 45.8. The van der Waals surface area contributed by atoms with Crippen molar-refractivity contribution in [3.05, 3.63) is 143 Å². The number of hydrogen-bond donors (Lipinski definition) is 1. The number of para-hydroxylation sites is 1. The van der Waals surface area contributed by atoms with Gasteiger partial charge in [-0.1, -0.05) is 72.8 Å². The van der Waals surface area contributed by atoms with Crippen LogP contribution in [0.4, 0.5) is 5.95 Å². The fraction of sp³-hybridized carbons (Fsp3) is 0.370. The number of nitrogens with zero attached hydrogens (tertiary/aromatic N) is 5. The van der Waals surface area contributed by atoms with Gasteiger partial charge >= 0.3 is 5.69 Å². The smallest absolute Gasteiger partial charge is 0.354 e. The first-order chi connectivity index (χ1) is 30.1. The lowest BCUT2D eigenvalue weighted by molar-refractivity contribution is -0.118. The van der Waals surface area contributed by atoms with E-state index in [0.717, 1.165) is 16.7 Å². The minimum absolute atomic E-state index is 0.00991. The second-order valence-corrected chi connectivity index (χ2v) is 16.3. The van der Waals surface area contributed by atoms with E-state index in [4.69, 9.17) is 32.7 Å². The highest BCUT2D eigenvalue weighted by Gasteiger charge is 2.45. The third-order valence-corrected chi connectivity index (χ3v) is 12.3. The maximum atomic E-state index is 13.7. The van der Waals surface area contributed by atoms with Gasteiger partial charge in [0.25, 0.3) is 14.4 Å². The molecule has 15 nitrogen and oxygen atoms in total. The average molecular weight is 865 g/mol. The van der Waals surface area contributed by atoms with E-state index in [-0.39, 0.29) is 50.7 Å². The van der Waals surface area contributed by atoms with Crippen molar-refractivity contribution in [2.24, 2.45) is 0 Å². The fourth-order valence-electron chi connectivity index (χ4n) is 7.25. The van der Waals surface area contributed by atoms with Crippen LogP contribution in [0.1, 0.15) is 63.5 Å². The summed E-state index contributed by atoms with van der Waals surface area (Å²) in [6.07, 6.45) is -0.649. The quantitative estimate of drug-likeness (QED) is 0.0435.